The molecule has 236 valence electrons. The highest BCUT2D eigenvalue weighted by Crippen LogP contribution is 2.18. The largest absolute Gasteiger partial charge is 0.442 e. The topological polar surface area (TPSA) is 153 Å². The Labute approximate surface area is 253 Å². The lowest BCUT2D eigenvalue weighted by Gasteiger charge is -2.28. The molecule has 11 nitrogen and oxygen atoms in total. The molecule has 2 amide bonds. The fourth-order valence-electron chi connectivity index (χ4n) is 4.61. The fraction of sp³-hybridized carbons (Fsp3) is 0.367. The number of nitrogens with zero attached hydrogens (tertiary/aromatic N) is 2. The third-order valence-electron chi connectivity index (χ3n) is 6.78. The van der Waals surface area contributed by atoms with Gasteiger partial charge in [0, 0.05) is 25.1 Å². The second-order valence-electron chi connectivity index (χ2n) is 9.92. The van der Waals surface area contributed by atoms with E-state index in [-0.39, 0.29) is 17.9 Å². The quantitative estimate of drug-likeness (QED) is 0.170. The molecule has 1 unspecified atom stereocenters. The predicted octanol–water partition coefficient (Wildman–Crippen LogP) is 2.74. The molecule has 0 saturated carbocycles. The first-order chi connectivity index (χ1) is 21.1. The van der Waals surface area contributed by atoms with Crippen molar-refractivity contribution in [3.63, 3.8) is 0 Å². The number of rotatable bonds is 13. The van der Waals surface area contributed by atoms with Crippen molar-refractivity contribution in [3.8, 4) is 0 Å². The Morgan fingerprint density at radius 3 is 2.34 bits per heavy atom. The van der Waals surface area contributed by atoms with Crippen molar-refractivity contribution >= 4 is 34.0 Å². The Bertz CT molecular complexity index is 1480. The zero-order valence-corrected chi connectivity index (χ0v) is 24.6. The monoisotopic (exact) mass is 633 g/mol. The van der Waals surface area contributed by atoms with Gasteiger partial charge in [-0.25, -0.2) is 17.8 Å². The van der Waals surface area contributed by atoms with Crippen LogP contribution in [0.25, 0.3) is 0 Å². The number of amides is 2. The number of hydrogen-bond acceptors (Lipinski definition) is 9. The third kappa shape index (κ3) is 10.8. The highest BCUT2D eigenvalue weighted by Gasteiger charge is 2.34. The minimum absolute atomic E-state index is 0.0361. The summed E-state index contributed by atoms with van der Waals surface area (Å²) in [5.74, 6) is -5.30. The van der Waals surface area contributed by atoms with Gasteiger partial charge < -0.3 is 19.4 Å². The number of hydrogen-bond donors (Lipinski definition) is 1. The molecule has 2 aromatic carbocycles. The van der Waals surface area contributed by atoms with Gasteiger partial charge in [-0.3, -0.25) is 19.2 Å². The Morgan fingerprint density at radius 2 is 1.70 bits per heavy atom. The molecule has 3 aromatic rings. The number of ketones is 1. The van der Waals surface area contributed by atoms with Crippen LogP contribution in [0.15, 0.2) is 71.5 Å². The molecule has 1 saturated heterocycles. The fourth-order valence-corrected chi connectivity index (χ4v) is 6.31. The van der Waals surface area contributed by atoms with E-state index >= 15 is 0 Å². The average Bonchev–Trinajstić information content (AvgIpc) is 3.56. The van der Waals surface area contributed by atoms with Crippen LogP contribution in [0.3, 0.4) is 0 Å². The van der Waals surface area contributed by atoms with Crippen LogP contribution in [0.4, 0.5) is 8.78 Å². The van der Waals surface area contributed by atoms with Crippen LogP contribution in [-0.2, 0) is 41.1 Å². The Morgan fingerprint density at radius 1 is 1.05 bits per heavy atom. The van der Waals surface area contributed by atoms with Gasteiger partial charge in [0.1, 0.15) is 12.1 Å². The van der Waals surface area contributed by atoms with E-state index in [1.165, 1.54) is 35.6 Å². The number of Topliss-reactive ketones (excluding diaryl/α,β-unsaturated/α-hetero) is 1. The zero-order chi connectivity index (χ0) is 32.0. The molecule has 0 spiro atoms. The average molecular weight is 634 g/mol. The number of carbonyl (C=O) groups excluding carboxylic acids is 4. The third-order valence-corrected chi connectivity index (χ3v) is 8.45. The second kappa shape index (κ2) is 17.1. The van der Waals surface area contributed by atoms with Crippen LogP contribution in [0, 0.1) is 11.7 Å². The summed E-state index contributed by atoms with van der Waals surface area (Å²) in [4.78, 5) is 53.4. The van der Waals surface area contributed by atoms with E-state index in [2.05, 4.69) is 10.3 Å². The summed E-state index contributed by atoms with van der Waals surface area (Å²) in [6, 6.07) is 13.7. The van der Waals surface area contributed by atoms with Crippen molar-refractivity contribution in [3.05, 3.63) is 89.9 Å². The van der Waals surface area contributed by atoms with Gasteiger partial charge in [-0.15, -0.1) is 0 Å². The van der Waals surface area contributed by atoms with Crippen molar-refractivity contribution < 1.29 is 45.5 Å². The van der Waals surface area contributed by atoms with Crippen LogP contribution in [-0.4, -0.2) is 80.5 Å². The molecule has 44 heavy (non-hydrogen) atoms. The van der Waals surface area contributed by atoms with Crippen LogP contribution < -0.4 is 5.32 Å². The van der Waals surface area contributed by atoms with Gasteiger partial charge in [0.2, 0.25) is 17.6 Å². The van der Waals surface area contributed by atoms with E-state index in [0.29, 0.717) is 32.7 Å². The van der Waals surface area contributed by atoms with E-state index in [0.717, 1.165) is 11.6 Å². The first kappa shape index (κ1) is 34.2. The minimum Gasteiger partial charge on any atom is -0.442 e. The molecular weight excluding hydrogens is 600 g/mol. The molecule has 2 heterocycles. The second-order valence-corrected chi connectivity index (χ2v) is 12.0. The van der Waals surface area contributed by atoms with Gasteiger partial charge in [0.05, 0.1) is 42.9 Å². The molecule has 0 aliphatic carbocycles. The lowest BCUT2D eigenvalue weighted by molar-refractivity contribution is -0.139. The molecular formula is C30H33F2N3O8S. The molecule has 1 aliphatic rings. The summed E-state index contributed by atoms with van der Waals surface area (Å²) in [6.07, 6.45) is 2.76. The molecule has 2 atom stereocenters. The first-order valence-corrected chi connectivity index (χ1v) is 15.6. The van der Waals surface area contributed by atoms with E-state index in [9.17, 15) is 31.6 Å². The Kier molecular flexibility index (Phi) is 13.3. The molecule has 1 aromatic heterocycles. The molecule has 1 N–H and O–H groups in total. The van der Waals surface area contributed by atoms with Gasteiger partial charge in [0.15, 0.2) is 9.84 Å². The van der Waals surface area contributed by atoms with Crippen LogP contribution in [0.2, 0.25) is 0 Å². The van der Waals surface area contributed by atoms with E-state index in [4.69, 9.17) is 13.9 Å². The number of carbonyl (C=O) groups is 4. The maximum absolute atomic E-state index is 14.2. The van der Waals surface area contributed by atoms with Crippen LogP contribution in [0.5, 0.6) is 0 Å². The lowest BCUT2D eigenvalue weighted by Crippen LogP contribution is -2.48. The Hall–Kier alpha value is -4.30. The predicted molar refractivity (Wildman–Crippen MR) is 155 cm³/mol. The molecule has 0 radical (unpaired) electrons. The van der Waals surface area contributed by atoms with Crippen molar-refractivity contribution in [2.24, 2.45) is 5.92 Å². The number of halogens is 2. The molecule has 4 rings (SSSR count). The number of aryl methyl sites for hydroxylation is 1. The summed E-state index contributed by atoms with van der Waals surface area (Å²) < 4.78 is 60.6. The van der Waals surface area contributed by atoms with Gasteiger partial charge >= 0.3 is 0 Å². The summed E-state index contributed by atoms with van der Waals surface area (Å²) in [7, 11) is -4.04. The number of nitrogens with one attached hydrogen (secondary N) is 1. The number of morpholine rings is 1. The first-order valence-electron chi connectivity index (χ1n) is 13.7. The van der Waals surface area contributed by atoms with Gasteiger partial charge in [-0.1, -0.05) is 48.5 Å². The highest BCUT2D eigenvalue weighted by molar-refractivity contribution is 7.90. The summed E-state index contributed by atoms with van der Waals surface area (Å²) in [5, 5.41) is 2.66. The van der Waals surface area contributed by atoms with Gasteiger partial charge in [0.25, 0.3) is 12.4 Å². The Balaban J connectivity index is 0.00000169. The smallest absolute Gasteiger partial charge is 0.289 e. The van der Waals surface area contributed by atoms with E-state index < -0.39 is 69.7 Å². The summed E-state index contributed by atoms with van der Waals surface area (Å²) >= 11 is 0. The van der Waals surface area contributed by atoms with Gasteiger partial charge in [-0.05, 0) is 24.5 Å². The van der Waals surface area contributed by atoms with Crippen molar-refractivity contribution in [1.82, 2.24) is 15.2 Å². The minimum atomic E-state index is -4.04. The SMILES string of the molecule is O=C(N[C@@H](CCc1ccccc1)C(=O)c1ncco1)C(CC(=O)N1CCOCC1)CS(=O)(=O)Cc1ccccc1F.O=CF. The highest BCUT2D eigenvalue weighted by atomic mass is 32.2. The summed E-state index contributed by atoms with van der Waals surface area (Å²) in [6.45, 7) is 0.551. The zero-order valence-electron chi connectivity index (χ0n) is 23.8. The summed E-state index contributed by atoms with van der Waals surface area (Å²) in [5.41, 5.74) is 0.893. The van der Waals surface area contributed by atoms with Crippen molar-refractivity contribution in [2.45, 2.75) is 31.1 Å². The maximum Gasteiger partial charge on any atom is 0.289 e. The lowest BCUT2D eigenvalue weighted by atomic mass is 9.99. The standard InChI is InChI=1S/C29H32FN3O7S.CHFO/c30-24-9-5-4-8-22(24)19-41(37,38)20-23(18-26(34)33-13-16-39-17-14-33)28(36)32-25(27(35)29-31-12-15-40-29)11-10-21-6-2-1-3-7-21;2-1-3/h1-9,12,15,23,25H,10-11,13-14,16-20H2,(H,32,36);1H/t23?,25-;/m0./s1. The van der Waals surface area contributed by atoms with Crippen molar-refractivity contribution in [2.75, 3.05) is 32.1 Å². The normalized spacial score (nSPS) is 14.5. The maximum atomic E-state index is 14.2. The van der Waals surface area contributed by atoms with Crippen molar-refractivity contribution in [1.29, 1.82) is 0 Å². The number of ether oxygens (including phenoxy) is 1. The number of sulfone groups is 1. The number of aromatic nitrogens is 1. The van der Waals surface area contributed by atoms with E-state index in [1.54, 1.807) is 0 Å². The molecule has 1 aliphatic heterocycles. The number of oxazole rings is 1. The van der Waals surface area contributed by atoms with E-state index in [1.807, 2.05) is 30.3 Å². The molecule has 1 fully saturated rings. The van der Waals surface area contributed by atoms with Crippen LogP contribution in [0.1, 0.15) is 34.7 Å². The van der Waals surface area contributed by atoms with Crippen LogP contribution >= 0.6 is 0 Å². The molecule has 0 bridgehead atoms. The van der Waals surface area contributed by atoms with Gasteiger partial charge in [-0.2, -0.15) is 4.39 Å². The number of benzene rings is 2. The molecule has 14 heteroatoms.